The first-order chi connectivity index (χ1) is 11.5. The Hall–Kier alpha value is -1.82. The molecular formula is C18H18BrNO4. The van der Waals surface area contributed by atoms with Crippen LogP contribution in [0.4, 0.5) is 0 Å². The van der Waals surface area contributed by atoms with Crippen LogP contribution < -0.4 is 15.2 Å². The third kappa shape index (κ3) is 1.98. The van der Waals surface area contributed by atoms with Crippen molar-refractivity contribution in [1.29, 1.82) is 0 Å². The van der Waals surface area contributed by atoms with Gasteiger partial charge in [-0.05, 0) is 30.5 Å². The van der Waals surface area contributed by atoms with Crippen LogP contribution in [0.2, 0.25) is 0 Å². The molecule has 3 atom stereocenters. The van der Waals surface area contributed by atoms with Crippen molar-refractivity contribution in [3.63, 3.8) is 0 Å². The molecule has 2 aliphatic carbocycles. The van der Waals surface area contributed by atoms with Gasteiger partial charge in [0.15, 0.2) is 17.3 Å². The average Bonchev–Trinajstić information content (AvgIpc) is 2.75. The van der Waals surface area contributed by atoms with Crippen LogP contribution in [0.3, 0.4) is 0 Å². The van der Waals surface area contributed by atoms with Crippen molar-refractivity contribution < 1.29 is 19.1 Å². The van der Waals surface area contributed by atoms with E-state index in [1.165, 1.54) is 0 Å². The first-order valence-electron chi connectivity index (χ1n) is 8.07. The minimum Gasteiger partial charge on any atom is -0.493 e. The van der Waals surface area contributed by atoms with Crippen molar-refractivity contribution in [3.05, 3.63) is 33.8 Å². The molecule has 0 saturated heterocycles. The zero-order valence-corrected chi connectivity index (χ0v) is 14.9. The summed E-state index contributed by atoms with van der Waals surface area (Å²) in [5.74, 6) is 0.619. The number of ketones is 1. The number of allylic oxidation sites excluding steroid dienone is 1. The molecular weight excluding hydrogens is 374 g/mol. The van der Waals surface area contributed by atoms with Crippen LogP contribution in [0.25, 0.3) is 0 Å². The van der Waals surface area contributed by atoms with E-state index in [0.717, 1.165) is 28.4 Å². The minimum atomic E-state index is -0.389. The van der Waals surface area contributed by atoms with E-state index >= 15 is 0 Å². The van der Waals surface area contributed by atoms with Gasteiger partial charge < -0.3 is 15.2 Å². The molecule has 0 saturated carbocycles. The van der Waals surface area contributed by atoms with Crippen LogP contribution >= 0.6 is 15.9 Å². The molecule has 0 fully saturated rings. The number of benzene rings is 1. The topological polar surface area (TPSA) is 78.6 Å². The fourth-order valence-corrected chi connectivity index (χ4v) is 5.09. The number of carbonyl (C=O) groups excluding carboxylic acids is 2. The highest BCUT2D eigenvalue weighted by atomic mass is 79.9. The number of rotatable bonds is 2. The standard InChI is InChI=1S/C18H18BrNO4/c1-23-12-8-11(19)14-10(17(20)22)3-2-5-18-6-4-9(21)7-13(18)24-16(12)15(14)18/h4,6,8,10,13H,2-3,5,7H2,1H3,(H2,20,22). The fourth-order valence-electron chi connectivity index (χ4n) is 4.41. The van der Waals surface area contributed by atoms with Crippen molar-refractivity contribution in [2.45, 2.75) is 43.1 Å². The largest absolute Gasteiger partial charge is 0.493 e. The molecule has 0 bridgehead atoms. The normalized spacial score (nSPS) is 30.2. The monoisotopic (exact) mass is 391 g/mol. The summed E-state index contributed by atoms with van der Waals surface area (Å²) < 4.78 is 12.5. The van der Waals surface area contributed by atoms with Crippen LogP contribution in [0.1, 0.15) is 42.7 Å². The van der Waals surface area contributed by atoms with E-state index in [0.29, 0.717) is 24.3 Å². The van der Waals surface area contributed by atoms with Crippen molar-refractivity contribution >= 4 is 27.6 Å². The van der Waals surface area contributed by atoms with Crippen molar-refractivity contribution in [1.82, 2.24) is 0 Å². The Morgan fingerprint density at radius 1 is 1.50 bits per heavy atom. The predicted octanol–water partition coefficient (Wildman–Crippen LogP) is 2.74. The summed E-state index contributed by atoms with van der Waals surface area (Å²) >= 11 is 3.60. The molecule has 3 aliphatic rings. The lowest BCUT2D eigenvalue weighted by atomic mass is 9.69. The zero-order chi connectivity index (χ0) is 17.1. The molecule has 1 aromatic rings. The Labute approximate surface area is 148 Å². The number of carbonyl (C=O) groups is 2. The number of halogens is 1. The molecule has 1 heterocycles. The molecule has 1 aromatic carbocycles. The highest BCUT2D eigenvalue weighted by molar-refractivity contribution is 9.10. The van der Waals surface area contributed by atoms with Gasteiger partial charge in [-0.2, -0.15) is 0 Å². The maximum Gasteiger partial charge on any atom is 0.225 e. The van der Waals surface area contributed by atoms with Gasteiger partial charge in [0, 0.05) is 16.5 Å². The van der Waals surface area contributed by atoms with Crippen LogP contribution in [-0.2, 0) is 15.0 Å². The molecule has 5 nitrogen and oxygen atoms in total. The maximum atomic E-state index is 12.1. The zero-order valence-electron chi connectivity index (χ0n) is 13.3. The first kappa shape index (κ1) is 15.7. The van der Waals surface area contributed by atoms with Crippen LogP contribution in [-0.4, -0.2) is 24.9 Å². The van der Waals surface area contributed by atoms with Crippen LogP contribution in [0.5, 0.6) is 11.5 Å². The van der Waals surface area contributed by atoms with Gasteiger partial charge in [0.1, 0.15) is 6.10 Å². The van der Waals surface area contributed by atoms with Gasteiger partial charge in [-0.3, -0.25) is 9.59 Å². The molecule has 126 valence electrons. The second kappa shape index (κ2) is 5.34. The third-order valence-electron chi connectivity index (χ3n) is 5.48. The van der Waals surface area contributed by atoms with Gasteiger partial charge in [0.05, 0.1) is 18.4 Å². The summed E-state index contributed by atoms with van der Waals surface area (Å²) in [7, 11) is 1.59. The molecule has 3 unspecified atom stereocenters. The van der Waals surface area contributed by atoms with E-state index in [1.807, 2.05) is 12.1 Å². The van der Waals surface area contributed by atoms with E-state index < -0.39 is 0 Å². The van der Waals surface area contributed by atoms with Gasteiger partial charge in [0.25, 0.3) is 0 Å². The van der Waals surface area contributed by atoms with Crippen molar-refractivity contribution in [3.8, 4) is 11.5 Å². The number of ether oxygens (including phenoxy) is 2. The summed E-state index contributed by atoms with van der Waals surface area (Å²) in [4.78, 5) is 24.0. The van der Waals surface area contributed by atoms with E-state index in [1.54, 1.807) is 13.2 Å². The maximum absolute atomic E-state index is 12.1. The average molecular weight is 392 g/mol. The van der Waals surface area contributed by atoms with Crippen LogP contribution in [0, 0.1) is 0 Å². The van der Waals surface area contributed by atoms with Gasteiger partial charge in [-0.15, -0.1) is 0 Å². The summed E-state index contributed by atoms with van der Waals surface area (Å²) in [6, 6.07) is 1.83. The fraction of sp³-hybridized carbons (Fsp3) is 0.444. The molecule has 1 amide bonds. The summed E-state index contributed by atoms with van der Waals surface area (Å²) in [6.45, 7) is 0. The number of hydrogen-bond acceptors (Lipinski definition) is 4. The Morgan fingerprint density at radius 3 is 3.00 bits per heavy atom. The molecule has 6 heteroatoms. The quantitative estimate of drug-likeness (QED) is 0.840. The lowest BCUT2D eigenvalue weighted by Crippen LogP contribution is -2.40. The lowest BCUT2D eigenvalue weighted by molar-refractivity contribution is -0.119. The van der Waals surface area contributed by atoms with Gasteiger partial charge in [-0.25, -0.2) is 0 Å². The van der Waals surface area contributed by atoms with Crippen molar-refractivity contribution in [2.75, 3.05) is 7.11 Å². The second-order valence-electron chi connectivity index (χ2n) is 6.68. The van der Waals surface area contributed by atoms with Crippen LogP contribution in [0.15, 0.2) is 22.7 Å². The lowest BCUT2D eigenvalue weighted by Gasteiger charge is -2.33. The second-order valence-corrected chi connectivity index (χ2v) is 7.53. The SMILES string of the molecule is COc1cc(Br)c2c3c1OC1CC(=O)C=CC31CCCC2C(N)=O. The highest BCUT2D eigenvalue weighted by Crippen LogP contribution is 2.59. The Balaban J connectivity index is 2.05. The van der Waals surface area contributed by atoms with Gasteiger partial charge in [0.2, 0.25) is 5.91 Å². The van der Waals surface area contributed by atoms with E-state index in [2.05, 4.69) is 15.9 Å². The Bertz CT molecular complexity index is 788. The molecule has 1 spiro atoms. The van der Waals surface area contributed by atoms with Gasteiger partial charge >= 0.3 is 0 Å². The van der Waals surface area contributed by atoms with E-state index in [-0.39, 0.29) is 29.1 Å². The number of hydrogen-bond donors (Lipinski definition) is 1. The Morgan fingerprint density at radius 2 is 2.29 bits per heavy atom. The molecule has 1 aliphatic heterocycles. The highest BCUT2D eigenvalue weighted by Gasteiger charge is 2.54. The van der Waals surface area contributed by atoms with E-state index in [4.69, 9.17) is 15.2 Å². The summed E-state index contributed by atoms with van der Waals surface area (Å²) in [6.07, 6.45) is 6.07. The van der Waals surface area contributed by atoms with Gasteiger partial charge in [-0.1, -0.05) is 28.4 Å². The number of amides is 1. The molecule has 0 radical (unpaired) electrons. The minimum absolute atomic E-state index is 0.0636. The summed E-state index contributed by atoms with van der Waals surface area (Å²) in [5, 5.41) is 0. The molecule has 4 rings (SSSR count). The summed E-state index contributed by atoms with van der Waals surface area (Å²) in [5.41, 5.74) is 7.15. The smallest absolute Gasteiger partial charge is 0.225 e. The molecule has 0 aromatic heterocycles. The first-order valence-corrected chi connectivity index (χ1v) is 8.86. The number of primary amides is 1. The molecule has 24 heavy (non-hydrogen) atoms. The predicted molar refractivity (Wildman–Crippen MR) is 91.3 cm³/mol. The Kier molecular flexibility index (Phi) is 3.49. The number of nitrogens with two attached hydrogens (primary N) is 1. The van der Waals surface area contributed by atoms with Crippen molar-refractivity contribution in [2.24, 2.45) is 5.73 Å². The van der Waals surface area contributed by atoms with E-state index in [9.17, 15) is 9.59 Å². The molecule has 2 N–H and O–H groups in total. The number of methoxy groups -OCH3 is 1. The third-order valence-corrected chi connectivity index (χ3v) is 6.14.